The van der Waals surface area contributed by atoms with Crippen molar-refractivity contribution in [2.45, 2.75) is 6.92 Å². The number of hydrogen-bond donors (Lipinski definition) is 1. The van der Waals surface area contributed by atoms with Crippen molar-refractivity contribution in [1.82, 2.24) is 4.98 Å². The number of benzene rings is 2. The van der Waals surface area contributed by atoms with Crippen molar-refractivity contribution in [2.24, 2.45) is 0 Å². The quantitative estimate of drug-likeness (QED) is 0.799. The molecule has 1 heterocycles. The molecular weight excluding hydrogens is 282 g/mol. The third-order valence-corrected chi connectivity index (χ3v) is 3.84. The SMILES string of the molecule is COc1cc(OC)c2[nH]c3c(OC)cc(C)cc3c2c1OC. The lowest BCUT2D eigenvalue weighted by molar-refractivity contribution is 0.354. The maximum Gasteiger partial charge on any atom is 0.170 e. The van der Waals surface area contributed by atoms with Crippen LogP contribution in [0.15, 0.2) is 18.2 Å². The molecule has 22 heavy (non-hydrogen) atoms. The van der Waals surface area contributed by atoms with Gasteiger partial charge in [-0.25, -0.2) is 0 Å². The molecule has 0 aliphatic rings. The summed E-state index contributed by atoms with van der Waals surface area (Å²) in [6.07, 6.45) is 0. The van der Waals surface area contributed by atoms with Gasteiger partial charge in [0.05, 0.1) is 44.9 Å². The van der Waals surface area contributed by atoms with Crippen LogP contribution in [0.3, 0.4) is 0 Å². The second-order valence-electron chi connectivity index (χ2n) is 5.08. The molecule has 0 fully saturated rings. The number of nitrogens with one attached hydrogen (secondary N) is 1. The van der Waals surface area contributed by atoms with Crippen LogP contribution in [0.4, 0.5) is 0 Å². The summed E-state index contributed by atoms with van der Waals surface area (Å²) >= 11 is 0. The van der Waals surface area contributed by atoms with Gasteiger partial charge in [-0.15, -0.1) is 0 Å². The molecular formula is C17H19NO4. The average Bonchev–Trinajstić information content (AvgIpc) is 2.91. The van der Waals surface area contributed by atoms with Crippen molar-refractivity contribution in [2.75, 3.05) is 28.4 Å². The van der Waals surface area contributed by atoms with Crippen molar-refractivity contribution in [3.63, 3.8) is 0 Å². The van der Waals surface area contributed by atoms with Crippen molar-refractivity contribution < 1.29 is 18.9 Å². The van der Waals surface area contributed by atoms with Crippen LogP contribution in [0.5, 0.6) is 23.0 Å². The fourth-order valence-corrected chi connectivity index (χ4v) is 2.88. The molecule has 0 bridgehead atoms. The summed E-state index contributed by atoms with van der Waals surface area (Å²) in [5, 5.41) is 1.94. The second kappa shape index (κ2) is 5.33. The number of methoxy groups -OCH3 is 4. The van der Waals surface area contributed by atoms with Crippen molar-refractivity contribution in [3.8, 4) is 23.0 Å². The van der Waals surface area contributed by atoms with Crippen LogP contribution in [0.1, 0.15) is 5.56 Å². The lowest BCUT2D eigenvalue weighted by atomic mass is 10.1. The Hall–Kier alpha value is -2.56. The zero-order valence-electron chi connectivity index (χ0n) is 13.4. The first kappa shape index (κ1) is 14.4. The molecule has 2 aromatic carbocycles. The molecule has 0 saturated heterocycles. The lowest BCUT2D eigenvalue weighted by Gasteiger charge is -2.11. The highest BCUT2D eigenvalue weighted by atomic mass is 16.5. The highest BCUT2D eigenvalue weighted by Gasteiger charge is 2.20. The van der Waals surface area contributed by atoms with E-state index in [0.29, 0.717) is 17.2 Å². The molecule has 1 aromatic heterocycles. The van der Waals surface area contributed by atoms with E-state index in [1.54, 1.807) is 28.4 Å². The van der Waals surface area contributed by atoms with Crippen LogP contribution >= 0.6 is 0 Å². The fraction of sp³-hybridized carbons (Fsp3) is 0.294. The third-order valence-electron chi connectivity index (χ3n) is 3.84. The molecule has 3 rings (SSSR count). The zero-order chi connectivity index (χ0) is 15.9. The molecule has 5 heteroatoms. The van der Waals surface area contributed by atoms with Crippen LogP contribution < -0.4 is 18.9 Å². The van der Waals surface area contributed by atoms with E-state index in [4.69, 9.17) is 18.9 Å². The zero-order valence-corrected chi connectivity index (χ0v) is 13.4. The number of aromatic amines is 1. The van der Waals surface area contributed by atoms with Gasteiger partial charge < -0.3 is 23.9 Å². The van der Waals surface area contributed by atoms with E-state index in [0.717, 1.165) is 33.1 Å². The van der Waals surface area contributed by atoms with Crippen molar-refractivity contribution >= 4 is 21.8 Å². The van der Waals surface area contributed by atoms with E-state index >= 15 is 0 Å². The van der Waals surface area contributed by atoms with Gasteiger partial charge in [0.2, 0.25) is 0 Å². The van der Waals surface area contributed by atoms with Crippen LogP contribution in [-0.4, -0.2) is 33.4 Å². The molecule has 0 saturated carbocycles. The van der Waals surface area contributed by atoms with Gasteiger partial charge in [0.15, 0.2) is 11.5 Å². The van der Waals surface area contributed by atoms with Gasteiger partial charge in [-0.1, -0.05) is 0 Å². The molecule has 1 N–H and O–H groups in total. The summed E-state index contributed by atoms with van der Waals surface area (Å²) in [7, 11) is 6.54. The van der Waals surface area contributed by atoms with E-state index in [9.17, 15) is 0 Å². The minimum absolute atomic E-state index is 0.633. The Labute approximate surface area is 128 Å². The standard InChI is InChI=1S/C17H19NO4/c1-9-6-10-14-16(18-15(10)11(7-9)19-2)12(20-3)8-13(21-4)17(14)22-5/h6-8,18H,1-5H3. The molecule has 3 aromatic rings. The maximum atomic E-state index is 5.59. The number of H-pyrrole nitrogens is 1. The topological polar surface area (TPSA) is 52.7 Å². The molecule has 0 aliphatic heterocycles. The van der Waals surface area contributed by atoms with Gasteiger partial charge >= 0.3 is 0 Å². The Morgan fingerprint density at radius 2 is 1.36 bits per heavy atom. The molecule has 116 valence electrons. The molecule has 0 atom stereocenters. The Balaban J connectivity index is 2.56. The van der Waals surface area contributed by atoms with Crippen LogP contribution in [0, 0.1) is 6.92 Å². The Kier molecular flexibility index (Phi) is 3.48. The summed E-state index contributed by atoms with van der Waals surface area (Å²) in [4.78, 5) is 3.38. The van der Waals surface area contributed by atoms with E-state index in [1.807, 2.05) is 19.1 Å². The number of fused-ring (bicyclic) bond motifs is 3. The Morgan fingerprint density at radius 1 is 0.727 bits per heavy atom. The minimum atomic E-state index is 0.633. The van der Waals surface area contributed by atoms with Gasteiger partial charge in [-0.2, -0.15) is 0 Å². The summed E-state index contributed by atoms with van der Waals surface area (Å²) in [5.74, 6) is 2.79. The Morgan fingerprint density at radius 3 is 1.95 bits per heavy atom. The highest BCUT2D eigenvalue weighted by molar-refractivity contribution is 6.15. The average molecular weight is 301 g/mol. The van der Waals surface area contributed by atoms with Gasteiger partial charge in [0.25, 0.3) is 0 Å². The van der Waals surface area contributed by atoms with E-state index in [1.165, 1.54) is 0 Å². The molecule has 0 aliphatic carbocycles. The fourth-order valence-electron chi connectivity index (χ4n) is 2.88. The number of ether oxygens (including phenoxy) is 4. The first-order valence-electron chi connectivity index (χ1n) is 6.93. The summed E-state index contributed by atoms with van der Waals surface area (Å²) in [6.45, 7) is 2.03. The summed E-state index contributed by atoms with van der Waals surface area (Å²) in [6, 6.07) is 5.90. The van der Waals surface area contributed by atoms with E-state index in [-0.39, 0.29) is 0 Å². The molecule has 0 spiro atoms. The van der Waals surface area contributed by atoms with Crippen molar-refractivity contribution in [1.29, 1.82) is 0 Å². The maximum absolute atomic E-state index is 5.59. The van der Waals surface area contributed by atoms with Gasteiger partial charge in [0.1, 0.15) is 11.5 Å². The number of hydrogen-bond acceptors (Lipinski definition) is 4. The second-order valence-corrected chi connectivity index (χ2v) is 5.08. The normalized spacial score (nSPS) is 11.0. The van der Waals surface area contributed by atoms with Gasteiger partial charge in [0, 0.05) is 11.5 Å². The lowest BCUT2D eigenvalue weighted by Crippen LogP contribution is -1.93. The largest absolute Gasteiger partial charge is 0.495 e. The summed E-state index contributed by atoms with van der Waals surface area (Å²) < 4.78 is 22.0. The predicted octanol–water partition coefficient (Wildman–Crippen LogP) is 3.66. The van der Waals surface area contributed by atoms with Crippen LogP contribution in [-0.2, 0) is 0 Å². The molecule has 5 nitrogen and oxygen atoms in total. The number of aromatic nitrogens is 1. The first-order chi connectivity index (χ1) is 10.6. The van der Waals surface area contributed by atoms with E-state index in [2.05, 4.69) is 11.1 Å². The molecule has 0 amide bonds. The minimum Gasteiger partial charge on any atom is -0.495 e. The third kappa shape index (κ3) is 1.93. The monoisotopic (exact) mass is 301 g/mol. The predicted molar refractivity (Wildman–Crippen MR) is 86.7 cm³/mol. The van der Waals surface area contributed by atoms with Gasteiger partial charge in [-0.3, -0.25) is 0 Å². The smallest absolute Gasteiger partial charge is 0.170 e. The highest BCUT2D eigenvalue weighted by Crippen LogP contribution is 2.46. The molecule has 0 radical (unpaired) electrons. The number of aryl methyl sites for hydroxylation is 1. The van der Waals surface area contributed by atoms with Crippen LogP contribution in [0.2, 0.25) is 0 Å². The number of rotatable bonds is 4. The first-order valence-corrected chi connectivity index (χ1v) is 6.93. The van der Waals surface area contributed by atoms with E-state index < -0.39 is 0 Å². The molecule has 0 unspecified atom stereocenters. The van der Waals surface area contributed by atoms with Crippen LogP contribution in [0.25, 0.3) is 21.8 Å². The summed E-state index contributed by atoms with van der Waals surface area (Å²) in [5.41, 5.74) is 2.88. The Bertz CT molecular complexity index is 851. The van der Waals surface area contributed by atoms with Gasteiger partial charge in [-0.05, 0) is 24.6 Å². The van der Waals surface area contributed by atoms with Crippen molar-refractivity contribution in [3.05, 3.63) is 23.8 Å².